The zero-order valence-electron chi connectivity index (χ0n) is 21.1. The number of anilines is 1. The quantitative estimate of drug-likeness (QED) is 0.404. The van der Waals surface area contributed by atoms with Crippen LogP contribution in [0.4, 0.5) is 19.8 Å². The van der Waals surface area contributed by atoms with Crippen LogP contribution in [0, 0.1) is 17.3 Å². The third kappa shape index (κ3) is 8.23. The van der Waals surface area contributed by atoms with Crippen LogP contribution >= 0.6 is 0 Å². The van der Waals surface area contributed by atoms with E-state index in [0.717, 1.165) is 6.20 Å². The topological polar surface area (TPSA) is 94.5 Å². The zero-order valence-corrected chi connectivity index (χ0v) is 22.1. The van der Waals surface area contributed by atoms with E-state index < -0.39 is 37.3 Å². The summed E-state index contributed by atoms with van der Waals surface area (Å²) in [5.74, 6) is 2.28. The molecule has 0 radical (unpaired) electrons. The van der Waals surface area contributed by atoms with E-state index in [1.807, 2.05) is 19.6 Å². The van der Waals surface area contributed by atoms with Gasteiger partial charge in [-0.1, -0.05) is 25.6 Å². The number of aromatic nitrogens is 3. The van der Waals surface area contributed by atoms with Gasteiger partial charge in [-0.2, -0.15) is 4.90 Å². The van der Waals surface area contributed by atoms with Gasteiger partial charge in [-0.25, -0.2) is 23.9 Å². The second-order valence-electron chi connectivity index (χ2n) is 10.6. The number of imide groups is 1. The minimum absolute atomic E-state index is 0.0564. The first-order valence-electron chi connectivity index (χ1n) is 10.7. The molecule has 0 aromatic carbocycles. The highest BCUT2D eigenvalue weighted by atomic mass is 28.3. The summed E-state index contributed by atoms with van der Waals surface area (Å²) in [6.45, 7) is 16.2. The number of nitrogens with zero attached hydrogens (tertiary/aromatic N) is 4. The highest BCUT2D eigenvalue weighted by Crippen LogP contribution is 2.25. The highest BCUT2D eigenvalue weighted by molar-refractivity contribution is 6.83. The third-order valence-electron chi connectivity index (χ3n) is 3.67. The van der Waals surface area contributed by atoms with E-state index in [2.05, 4.69) is 26.4 Å². The first-order valence-corrected chi connectivity index (χ1v) is 14.2. The van der Waals surface area contributed by atoms with E-state index in [1.165, 1.54) is 18.5 Å². The Labute approximate surface area is 200 Å². The molecule has 0 atom stereocenters. The van der Waals surface area contributed by atoms with E-state index in [-0.39, 0.29) is 17.2 Å². The van der Waals surface area contributed by atoms with Crippen molar-refractivity contribution in [3.8, 4) is 22.7 Å². The van der Waals surface area contributed by atoms with Crippen molar-refractivity contribution in [1.29, 1.82) is 0 Å². The molecular weight excluding hydrogens is 455 g/mol. The van der Waals surface area contributed by atoms with Crippen LogP contribution in [0.1, 0.15) is 47.2 Å². The molecule has 2 amide bonds. The first-order chi connectivity index (χ1) is 15.5. The highest BCUT2D eigenvalue weighted by Gasteiger charge is 2.35. The molecule has 34 heavy (non-hydrogen) atoms. The predicted molar refractivity (Wildman–Crippen MR) is 130 cm³/mol. The Balaban J connectivity index is 2.72. The summed E-state index contributed by atoms with van der Waals surface area (Å²) in [6, 6.07) is 1.26. The van der Waals surface area contributed by atoms with Crippen molar-refractivity contribution in [2.75, 3.05) is 4.90 Å². The van der Waals surface area contributed by atoms with Crippen molar-refractivity contribution in [2.45, 2.75) is 72.4 Å². The smallest absolute Gasteiger partial charge is 0.425 e. The van der Waals surface area contributed by atoms with E-state index in [9.17, 15) is 14.0 Å². The molecular formula is C24H31FN4O4Si. The summed E-state index contributed by atoms with van der Waals surface area (Å²) in [7, 11) is -1.89. The summed E-state index contributed by atoms with van der Waals surface area (Å²) < 4.78 is 24.6. The number of hydrogen-bond acceptors (Lipinski definition) is 7. The Bertz CT molecular complexity index is 1110. The molecule has 2 rings (SSSR count). The lowest BCUT2D eigenvalue weighted by molar-refractivity contribution is 0.0428. The molecule has 0 N–H and O–H groups in total. The van der Waals surface area contributed by atoms with Gasteiger partial charge in [0.1, 0.15) is 25.1 Å². The Morgan fingerprint density at radius 1 is 0.971 bits per heavy atom. The molecule has 0 bridgehead atoms. The number of ether oxygens (including phenoxy) is 2. The summed E-state index contributed by atoms with van der Waals surface area (Å²) in [5.41, 5.74) is 2.10. The van der Waals surface area contributed by atoms with Gasteiger partial charge in [0, 0.05) is 11.8 Å². The minimum atomic E-state index is -1.89. The molecule has 0 spiro atoms. The number of amides is 2. The van der Waals surface area contributed by atoms with Crippen LogP contribution in [-0.2, 0) is 9.47 Å². The zero-order chi connectivity index (χ0) is 25.9. The van der Waals surface area contributed by atoms with Gasteiger partial charge in [-0.3, -0.25) is 4.98 Å². The van der Waals surface area contributed by atoms with Crippen molar-refractivity contribution in [2.24, 2.45) is 0 Å². The van der Waals surface area contributed by atoms with Gasteiger partial charge in [0.25, 0.3) is 0 Å². The Morgan fingerprint density at radius 3 is 2.00 bits per heavy atom. The summed E-state index contributed by atoms with van der Waals surface area (Å²) in [4.78, 5) is 39.5. The minimum Gasteiger partial charge on any atom is -0.443 e. The first kappa shape index (κ1) is 26.9. The molecule has 0 unspecified atom stereocenters. The average molecular weight is 487 g/mol. The van der Waals surface area contributed by atoms with Gasteiger partial charge in [0.15, 0.2) is 11.5 Å². The molecule has 2 aromatic rings. The normalized spacial score (nSPS) is 11.8. The molecule has 0 saturated heterocycles. The molecule has 0 aliphatic carbocycles. The van der Waals surface area contributed by atoms with E-state index in [1.54, 1.807) is 41.5 Å². The molecule has 0 aliphatic heterocycles. The average Bonchev–Trinajstić information content (AvgIpc) is 2.63. The van der Waals surface area contributed by atoms with Gasteiger partial charge in [0.2, 0.25) is 0 Å². The number of carbonyl (C=O) groups is 2. The molecule has 8 nitrogen and oxygen atoms in total. The number of pyridine rings is 1. The lowest BCUT2D eigenvalue weighted by Gasteiger charge is -2.28. The van der Waals surface area contributed by atoms with Crippen molar-refractivity contribution in [3.63, 3.8) is 0 Å². The maximum absolute atomic E-state index is 13.7. The fraction of sp³-hybridized carbons (Fsp3) is 0.458. The summed E-state index contributed by atoms with van der Waals surface area (Å²) in [6.07, 6.45) is 1.86. The van der Waals surface area contributed by atoms with Crippen molar-refractivity contribution < 1.29 is 23.5 Å². The van der Waals surface area contributed by atoms with Crippen LogP contribution < -0.4 is 4.90 Å². The third-order valence-corrected chi connectivity index (χ3v) is 4.55. The standard InChI is InChI=1S/C24H31FN4O4Si/c1-23(2,3)32-21(30)29(22(31)33-24(4,5)6)20-18(10-11-34(7,8)9)28-19(15-27-20)16-12-17(25)14-26-13-16/h12-15H,1-9H3. The van der Waals surface area contributed by atoms with Crippen LogP contribution in [0.25, 0.3) is 11.3 Å². The lowest BCUT2D eigenvalue weighted by Crippen LogP contribution is -2.44. The Morgan fingerprint density at radius 2 is 1.53 bits per heavy atom. The van der Waals surface area contributed by atoms with Crippen LogP contribution in [0.15, 0.2) is 24.7 Å². The van der Waals surface area contributed by atoms with Gasteiger partial charge < -0.3 is 9.47 Å². The van der Waals surface area contributed by atoms with Crippen LogP contribution in [-0.4, -0.2) is 46.4 Å². The molecule has 2 aromatic heterocycles. The molecule has 0 saturated carbocycles. The Hall–Kier alpha value is -3.32. The fourth-order valence-corrected chi connectivity index (χ4v) is 2.92. The summed E-state index contributed by atoms with van der Waals surface area (Å²) in [5, 5.41) is 0. The van der Waals surface area contributed by atoms with Gasteiger partial charge in [-0.05, 0) is 47.6 Å². The van der Waals surface area contributed by atoms with Gasteiger partial charge in [0.05, 0.1) is 18.1 Å². The number of halogens is 1. The van der Waals surface area contributed by atoms with E-state index in [0.29, 0.717) is 10.5 Å². The van der Waals surface area contributed by atoms with E-state index >= 15 is 0 Å². The fourth-order valence-electron chi connectivity index (χ4n) is 2.43. The second-order valence-corrected chi connectivity index (χ2v) is 15.4. The molecule has 0 fully saturated rings. The Kier molecular flexibility index (Phi) is 7.83. The van der Waals surface area contributed by atoms with E-state index in [4.69, 9.17) is 9.47 Å². The maximum Gasteiger partial charge on any atom is 0.425 e. The van der Waals surface area contributed by atoms with Crippen molar-refractivity contribution >= 4 is 26.1 Å². The van der Waals surface area contributed by atoms with Crippen molar-refractivity contribution in [1.82, 2.24) is 15.0 Å². The molecule has 2 heterocycles. The van der Waals surface area contributed by atoms with Crippen molar-refractivity contribution in [3.05, 3.63) is 36.2 Å². The second kappa shape index (κ2) is 9.89. The predicted octanol–water partition coefficient (Wildman–Crippen LogP) is 5.58. The molecule has 0 aliphatic rings. The lowest BCUT2D eigenvalue weighted by atomic mass is 10.2. The molecule has 182 valence electrons. The maximum atomic E-state index is 13.7. The largest absolute Gasteiger partial charge is 0.443 e. The van der Waals surface area contributed by atoms with Crippen LogP contribution in [0.3, 0.4) is 0 Å². The van der Waals surface area contributed by atoms with Gasteiger partial charge >= 0.3 is 12.2 Å². The SMILES string of the molecule is CC(C)(C)OC(=O)N(C(=O)OC(C)(C)C)c1ncc(-c2cncc(F)c2)nc1C#C[Si](C)(C)C. The number of carbonyl (C=O) groups excluding carboxylic acids is 2. The van der Waals surface area contributed by atoms with Crippen LogP contribution in [0.5, 0.6) is 0 Å². The number of hydrogen-bond donors (Lipinski definition) is 0. The number of rotatable bonds is 2. The van der Waals surface area contributed by atoms with Crippen LogP contribution in [0.2, 0.25) is 19.6 Å². The summed E-state index contributed by atoms with van der Waals surface area (Å²) >= 11 is 0. The molecule has 10 heteroatoms. The monoisotopic (exact) mass is 486 g/mol. The van der Waals surface area contributed by atoms with Gasteiger partial charge in [-0.15, -0.1) is 5.54 Å².